The minimum Gasteiger partial charge on any atom is -0.389 e. The van der Waals surface area contributed by atoms with Crippen LogP contribution in [0.3, 0.4) is 0 Å². The lowest BCUT2D eigenvalue weighted by Crippen LogP contribution is -2.28. The number of anilines is 1. The molecular formula is C14H20N2O2S. The van der Waals surface area contributed by atoms with E-state index < -0.39 is 0 Å². The molecule has 0 spiro atoms. The molecule has 0 aliphatic heterocycles. The minimum absolute atomic E-state index is 0.0460. The van der Waals surface area contributed by atoms with Gasteiger partial charge in [-0.15, -0.1) is 0 Å². The number of benzene rings is 1. The molecule has 0 aliphatic rings. The summed E-state index contributed by atoms with van der Waals surface area (Å²) in [5.41, 5.74) is 7.14. The summed E-state index contributed by atoms with van der Waals surface area (Å²) in [7, 11) is 3.39. The summed E-state index contributed by atoms with van der Waals surface area (Å²) in [6.07, 6.45) is 0.446. The molecule has 0 heterocycles. The average molecular weight is 280 g/mol. The van der Waals surface area contributed by atoms with E-state index in [-0.39, 0.29) is 11.8 Å². The Morgan fingerprint density at radius 1 is 1.53 bits per heavy atom. The van der Waals surface area contributed by atoms with Crippen LogP contribution < -0.4 is 10.6 Å². The number of amides is 1. The first-order valence-electron chi connectivity index (χ1n) is 6.11. The van der Waals surface area contributed by atoms with Gasteiger partial charge in [-0.2, -0.15) is 0 Å². The van der Waals surface area contributed by atoms with Crippen LogP contribution in [-0.2, 0) is 9.53 Å². The highest BCUT2D eigenvalue weighted by molar-refractivity contribution is 7.80. The van der Waals surface area contributed by atoms with E-state index in [1.807, 2.05) is 31.2 Å². The Balaban J connectivity index is 2.76. The number of hydrogen-bond acceptors (Lipinski definition) is 3. The predicted molar refractivity (Wildman–Crippen MR) is 81.4 cm³/mol. The SMILES string of the molecule is COCC(C)CC(=O)N(C)c1cccc(C(N)=S)c1. The molecule has 4 nitrogen and oxygen atoms in total. The summed E-state index contributed by atoms with van der Waals surface area (Å²) in [5.74, 6) is 0.239. The number of nitrogens with zero attached hydrogens (tertiary/aromatic N) is 1. The lowest BCUT2D eigenvalue weighted by molar-refractivity contribution is -0.119. The number of ether oxygens (including phenoxy) is 1. The van der Waals surface area contributed by atoms with E-state index in [4.69, 9.17) is 22.7 Å². The molecule has 0 radical (unpaired) electrons. The van der Waals surface area contributed by atoms with Gasteiger partial charge in [0, 0.05) is 38.4 Å². The molecule has 0 saturated heterocycles. The molecule has 5 heteroatoms. The van der Waals surface area contributed by atoms with Crippen LogP contribution in [0.5, 0.6) is 0 Å². The molecule has 19 heavy (non-hydrogen) atoms. The average Bonchev–Trinajstić information content (AvgIpc) is 2.38. The maximum atomic E-state index is 12.1. The van der Waals surface area contributed by atoms with Gasteiger partial charge in [-0.05, 0) is 18.1 Å². The Morgan fingerprint density at radius 3 is 2.79 bits per heavy atom. The largest absolute Gasteiger partial charge is 0.389 e. The van der Waals surface area contributed by atoms with Crippen LogP contribution in [0.4, 0.5) is 5.69 Å². The fourth-order valence-electron chi connectivity index (χ4n) is 1.79. The number of rotatable bonds is 6. The molecule has 1 rings (SSSR count). The van der Waals surface area contributed by atoms with Gasteiger partial charge in [0.05, 0.1) is 0 Å². The molecule has 0 fully saturated rings. The summed E-state index contributed by atoms with van der Waals surface area (Å²) in [6.45, 7) is 2.56. The highest BCUT2D eigenvalue weighted by atomic mass is 32.1. The third-order valence-corrected chi connectivity index (χ3v) is 3.10. The second-order valence-electron chi connectivity index (χ2n) is 4.63. The molecule has 0 aliphatic carbocycles. The van der Waals surface area contributed by atoms with Crippen molar-refractivity contribution in [3.05, 3.63) is 29.8 Å². The van der Waals surface area contributed by atoms with E-state index in [0.717, 1.165) is 11.3 Å². The summed E-state index contributed by atoms with van der Waals surface area (Å²) < 4.78 is 5.04. The fraction of sp³-hybridized carbons (Fsp3) is 0.429. The van der Waals surface area contributed by atoms with Gasteiger partial charge >= 0.3 is 0 Å². The quantitative estimate of drug-likeness (QED) is 0.809. The number of methoxy groups -OCH3 is 1. The van der Waals surface area contributed by atoms with Crippen molar-refractivity contribution in [2.45, 2.75) is 13.3 Å². The molecule has 1 atom stereocenters. The van der Waals surface area contributed by atoms with Crippen molar-refractivity contribution in [3.8, 4) is 0 Å². The van der Waals surface area contributed by atoms with Crippen molar-refractivity contribution in [3.63, 3.8) is 0 Å². The van der Waals surface area contributed by atoms with Gasteiger partial charge in [0.25, 0.3) is 0 Å². The van der Waals surface area contributed by atoms with Crippen molar-refractivity contribution in [2.24, 2.45) is 11.7 Å². The van der Waals surface area contributed by atoms with E-state index in [0.29, 0.717) is 18.0 Å². The molecule has 1 amide bonds. The lowest BCUT2D eigenvalue weighted by Gasteiger charge is -2.20. The number of carbonyl (C=O) groups is 1. The highest BCUT2D eigenvalue weighted by Crippen LogP contribution is 2.17. The third-order valence-electron chi connectivity index (χ3n) is 2.87. The standard InChI is InChI=1S/C14H20N2O2S/c1-10(9-18-3)7-13(17)16(2)12-6-4-5-11(8-12)14(15)19/h4-6,8,10H,7,9H2,1-3H3,(H2,15,19). The first kappa shape index (κ1) is 15.6. The minimum atomic E-state index is 0.0460. The van der Waals surface area contributed by atoms with Crippen LogP contribution in [0.15, 0.2) is 24.3 Å². The zero-order chi connectivity index (χ0) is 14.4. The smallest absolute Gasteiger partial charge is 0.227 e. The van der Waals surface area contributed by atoms with Gasteiger partial charge in [-0.25, -0.2) is 0 Å². The molecule has 104 valence electrons. The molecule has 0 aromatic heterocycles. The van der Waals surface area contributed by atoms with Crippen LogP contribution in [0.2, 0.25) is 0 Å². The Kier molecular flexibility index (Phi) is 5.92. The summed E-state index contributed by atoms with van der Waals surface area (Å²) >= 11 is 4.94. The van der Waals surface area contributed by atoms with E-state index in [2.05, 4.69) is 0 Å². The van der Waals surface area contributed by atoms with Gasteiger partial charge in [0.2, 0.25) is 5.91 Å². The predicted octanol–water partition coefficient (Wildman–Crippen LogP) is 1.96. The van der Waals surface area contributed by atoms with Crippen LogP contribution in [0.1, 0.15) is 18.9 Å². The topological polar surface area (TPSA) is 55.6 Å². The maximum Gasteiger partial charge on any atom is 0.227 e. The molecule has 0 saturated carbocycles. The Morgan fingerprint density at radius 2 is 2.21 bits per heavy atom. The van der Waals surface area contributed by atoms with Gasteiger partial charge in [-0.3, -0.25) is 4.79 Å². The second-order valence-corrected chi connectivity index (χ2v) is 5.07. The van der Waals surface area contributed by atoms with Crippen LogP contribution in [0.25, 0.3) is 0 Å². The van der Waals surface area contributed by atoms with Gasteiger partial charge in [0.15, 0.2) is 0 Å². The third kappa shape index (κ3) is 4.61. The van der Waals surface area contributed by atoms with Crippen LogP contribution >= 0.6 is 12.2 Å². The van der Waals surface area contributed by atoms with Gasteiger partial charge < -0.3 is 15.4 Å². The van der Waals surface area contributed by atoms with E-state index in [9.17, 15) is 4.79 Å². The van der Waals surface area contributed by atoms with Crippen molar-refractivity contribution >= 4 is 28.8 Å². The normalized spacial score (nSPS) is 11.9. The summed E-state index contributed by atoms with van der Waals surface area (Å²) in [5, 5.41) is 0. The number of nitrogens with two attached hydrogens (primary N) is 1. The monoisotopic (exact) mass is 280 g/mol. The number of carbonyl (C=O) groups excluding carboxylic acids is 1. The molecule has 0 bridgehead atoms. The van der Waals surface area contributed by atoms with Crippen molar-refractivity contribution in [1.29, 1.82) is 0 Å². The van der Waals surface area contributed by atoms with Crippen LogP contribution in [-0.4, -0.2) is 31.7 Å². The summed E-state index contributed by atoms with van der Waals surface area (Å²) in [6, 6.07) is 7.35. The number of hydrogen-bond donors (Lipinski definition) is 1. The zero-order valence-electron chi connectivity index (χ0n) is 11.6. The first-order valence-corrected chi connectivity index (χ1v) is 6.52. The maximum absolute atomic E-state index is 12.1. The Labute approximate surface area is 119 Å². The lowest BCUT2D eigenvalue weighted by atomic mass is 10.1. The van der Waals surface area contributed by atoms with Gasteiger partial charge in [0.1, 0.15) is 4.99 Å². The van der Waals surface area contributed by atoms with Crippen LogP contribution in [0, 0.1) is 5.92 Å². The molecule has 2 N–H and O–H groups in total. The Bertz CT molecular complexity index is 463. The molecule has 1 aromatic carbocycles. The summed E-state index contributed by atoms with van der Waals surface area (Å²) in [4.78, 5) is 14.1. The van der Waals surface area contributed by atoms with Crippen molar-refractivity contribution in [2.75, 3.05) is 25.7 Å². The molecule has 1 unspecified atom stereocenters. The fourth-order valence-corrected chi connectivity index (χ4v) is 1.92. The van der Waals surface area contributed by atoms with Crippen molar-refractivity contribution in [1.82, 2.24) is 0 Å². The second kappa shape index (κ2) is 7.21. The van der Waals surface area contributed by atoms with Gasteiger partial charge in [-0.1, -0.05) is 31.3 Å². The number of thiocarbonyl (C=S) groups is 1. The Hall–Kier alpha value is -1.46. The zero-order valence-corrected chi connectivity index (χ0v) is 12.4. The van der Waals surface area contributed by atoms with Crippen molar-refractivity contribution < 1.29 is 9.53 Å². The molecule has 1 aromatic rings. The molecular weight excluding hydrogens is 260 g/mol. The van der Waals surface area contributed by atoms with E-state index in [1.165, 1.54) is 0 Å². The van der Waals surface area contributed by atoms with E-state index >= 15 is 0 Å². The van der Waals surface area contributed by atoms with E-state index in [1.54, 1.807) is 19.1 Å². The first-order chi connectivity index (χ1) is 8.95. The highest BCUT2D eigenvalue weighted by Gasteiger charge is 2.15.